The van der Waals surface area contributed by atoms with Gasteiger partial charge >= 0.3 is 0 Å². The number of carbonyl (C=O) groups is 1. The molecule has 0 aliphatic rings. The van der Waals surface area contributed by atoms with Crippen LogP contribution in [0.4, 0.5) is 4.39 Å². The first-order valence-electron chi connectivity index (χ1n) is 9.52. The Morgan fingerprint density at radius 3 is 2.36 bits per heavy atom. The molecule has 0 unspecified atom stereocenters. The number of aromatic nitrogens is 1. The summed E-state index contributed by atoms with van der Waals surface area (Å²) >= 11 is 0. The molecule has 0 saturated heterocycles. The third kappa shape index (κ3) is 3.24. The molecule has 4 rings (SSSR count). The van der Waals surface area contributed by atoms with E-state index in [4.69, 9.17) is 0 Å². The Morgan fingerprint density at radius 2 is 1.57 bits per heavy atom. The normalized spacial score (nSPS) is 11.3. The van der Waals surface area contributed by atoms with Gasteiger partial charge in [-0.2, -0.15) is 0 Å². The lowest BCUT2D eigenvalue weighted by Crippen LogP contribution is -2.13. The van der Waals surface area contributed by atoms with E-state index in [0.717, 1.165) is 22.0 Å². The molecule has 28 heavy (non-hydrogen) atoms. The summed E-state index contributed by atoms with van der Waals surface area (Å²) in [6, 6.07) is 22.6. The number of halogens is 1. The predicted molar refractivity (Wildman–Crippen MR) is 112 cm³/mol. The Hall–Kier alpha value is -3.20. The van der Waals surface area contributed by atoms with Gasteiger partial charge in [0.15, 0.2) is 0 Å². The highest BCUT2D eigenvalue weighted by atomic mass is 19.1. The van der Waals surface area contributed by atoms with Crippen LogP contribution in [0.3, 0.4) is 0 Å². The van der Waals surface area contributed by atoms with Crippen molar-refractivity contribution in [2.75, 3.05) is 0 Å². The predicted octanol–water partition coefficient (Wildman–Crippen LogP) is 6.45. The van der Waals surface area contributed by atoms with E-state index in [0.29, 0.717) is 11.5 Å². The summed E-state index contributed by atoms with van der Waals surface area (Å²) in [6.45, 7) is 4.34. The molecular weight excluding hydrogens is 349 g/mol. The highest BCUT2D eigenvalue weighted by Gasteiger charge is 2.18. The fraction of sp³-hybridized carbons (Fsp3) is 0.160. The van der Waals surface area contributed by atoms with Crippen molar-refractivity contribution in [1.29, 1.82) is 0 Å². The van der Waals surface area contributed by atoms with Crippen molar-refractivity contribution in [3.8, 4) is 11.1 Å². The molecule has 0 amide bonds. The number of benzene rings is 3. The van der Waals surface area contributed by atoms with E-state index in [9.17, 15) is 9.18 Å². The lowest BCUT2D eigenvalue weighted by Gasteiger charge is -2.11. The lowest BCUT2D eigenvalue weighted by atomic mass is 9.92. The highest BCUT2D eigenvalue weighted by molar-refractivity contribution is 6.02. The van der Waals surface area contributed by atoms with Crippen LogP contribution in [-0.2, 0) is 6.42 Å². The zero-order chi connectivity index (χ0) is 19.7. The highest BCUT2D eigenvalue weighted by Crippen LogP contribution is 2.35. The van der Waals surface area contributed by atoms with Crippen LogP contribution in [0.15, 0.2) is 79.0 Å². The summed E-state index contributed by atoms with van der Waals surface area (Å²) in [5.41, 5.74) is 4.66. The van der Waals surface area contributed by atoms with Crippen molar-refractivity contribution >= 4 is 16.8 Å². The zero-order valence-corrected chi connectivity index (χ0v) is 16.0. The van der Waals surface area contributed by atoms with Crippen LogP contribution in [0.1, 0.15) is 35.7 Å². The number of para-hydroxylation sites is 1. The first-order valence-corrected chi connectivity index (χ1v) is 9.52. The average Bonchev–Trinajstić information content (AvgIpc) is 3.09. The number of hydrogen-bond acceptors (Lipinski definition) is 1. The van der Waals surface area contributed by atoms with Crippen LogP contribution in [0, 0.1) is 5.82 Å². The summed E-state index contributed by atoms with van der Waals surface area (Å²) in [5.74, 6) is -0.125. The van der Waals surface area contributed by atoms with E-state index >= 15 is 0 Å². The van der Waals surface area contributed by atoms with Crippen molar-refractivity contribution in [3.05, 3.63) is 95.9 Å². The van der Waals surface area contributed by atoms with Crippen LogP contribution < -0.4 is 0 Å². The van der Waals surface area contributed by atoms with Gasteiger partial charge in [0, 0.05) is 17.1 Å². The van der Waals surface area contributed by atoms with E-state index < -0.39 is 0 Å². The second-order valence-electron chi connectivity index (χ2n) is 7.33. The Morgan fingerprint density at radius 1 is 0.893 bits per heavy atom. The number of carbonyl (C=O) groups excluding carboxylic acids is 1. The minimum Gasteiger partial charge on any atom is -0.286 e. The molecule has 3 aromatic carbocycles. The molecule has 0 aliphatic carbocycles. The Kier molecular flexibility index (Phi) is 4.82. The summed E-state index contributed by atoms with van der Waals surface area (Å²) < 4.78 is 15.7. The van der Waals surface area contributed by atoms with E-state index in [1.165, 1.54) is 11.6 Å². The van der Waals surface area contributed by atoms with Gasteiger partial charge in [0.05, 0.1) is 11.9 Å². The lowest BCUT2D eigenvalue weighted by molar-refractivity contribution is 0.0918. The molecule has 0 fully saturated rings. The molecule has 3 heteroatoms. The molecule has 0 N–H and O–H groups in total. The van der Waals surface area contributed by atoms with E-state index in [-0.39, 0.29) is 18.1 Å². The number of hydrogen-bond donors (Lipinski definition) is 0. The SMILES string of the molecule is CC(C)c1ccccc1-c1cn(C(=O)Cc2ccccc2F)c2ccccc12. The summed E-state index contributed by atoms with van der Waals surface area (Å²) in [6.07, 6.45) is 1.92. The number of fused-ring (bicyclic) bond motifs is 1. The molecule has 0 aliphatic heterocycles. The molecule has 1 aromatic heterocycles. The third-order valence-corrected chi connectivity index (χ3v) is 5.15. The van der Waals surface area contributed by atoms with Crippen molar-refractivity contribution in [1.82, 2.24) is 4.57 Å². The molecule has 0 radical (unpaired) electrons. The van der Waals surface area contributed by atoms with E-state index in [1.54, 1.807) is 22.8 Å². The van der Waals surface area contributed by atoms with Crippen LogP contribution >= 0.6 is 0 Å². The molecule has 0 atom stereocenters. The largest absolute Gasteiger partial charge is 0.286 e. The first kappa shape index (κ1) is 18.2. The topological polar surface area (TPSA) is 22.0 Å². The van der Waals surface area contributed by atoms with E-state index in [2.05, 4.69) is 26.0 Å². The van der Waals surface area contributed by atoms with Gasteiger partial charge in [-0.05, 0) is 34.7 Å². The average molecular weight is 371 g/mol. The molecule has 1 heterocycles. The van der Waals surface area contributed by atoms with Crippen molar-refractivity contribution in [2.24, 2.45) is 0 Å². The fourth-order valence-electron chi connectivity index (χ4n) is 3.74. The molecule has 0 spiro atoms. The minimum absolute atomic E-state index is 0.0244. The van der Waals surface area contributed by atoms with Crippen LogP contribution in [-0.4, -0.2) is 10.5 Å². The van der Waals surface area contributed by atoms with Crippen molar-refractivity contribution < 1.29 is 9.18 Å². The second kappa shape index (κ2) is 7.43. The third-order valence-electron chi connectivity index (χ3n) is 5.15. The summed E-state index contributed by atoms with van der Waals surface area (Å²) in [5, 5.41) is 1.03. The van der Waals surface area contributed by atoms with Gasteiger partial charge in [0.25, 0.3) is 0 Å². The van der Waals surface area contributed by atoms with Gasteiger partial charge in [-0.25, -0.2) is 4.39 Å². The molecule has 0 saturated carbocycles. The first-order chi connectivity index (χ1) is 13.6. The maximum Gasteiger partial charge on any atom is 0.235 e. The van der Waals surface area contributed by atoms with Crippen LogP contribution in [0.25, 0.3) is 22.0 Å². The molecule has 0 bridgehead atoms. The van der Waals surface area contributed by atoms with Gasteiger partial charge in [-0.3, -0.25) is 9.36 Å². The maximum absolute atomic E-state index is 14.0. The van der Waals surface area contributed by atoms with Crippen LogP contribution in [0.2, 0.25) is 0 Å². The molecule has 2 nitrogen and oxygen atoms in total. The van der Waals surface area contributed by atoms with Gasteiger partial charge in [-0.15, -0.1) is 0 Å². The Balaban J connectivity index is 1.84. The monoisotopic (exact) mass is 371 g/mol. The standard InChI is InChI=1S/C25H22FNO/c1-17(2)19-10-4-5-11-20(19)22-16-27(24-14-8-6-12-21(22)24)25(28)15-18-9-3-7-13-23(18)26/h3-14,16-17H,15H2,1-2H3. The molecule has 140 valence electrons. The molecule has 4 aromatic rings. The van der Waals surface area contributed by atoms with Gasteiger partial charge < -0.3 is 0 Å². The van der Waals surface area contributed by atoms with Gasteiger partial charge in [0.1, 0.15) is 5.82 Å². The Bertz CT molecular complexity index is 1160. The van der Waals surface area contributed by atoms with Crippen molar-refractivity contribution in [3.63, 3.8) is 0 Å². The summed E-state index contributed by atoms with van der Waals surface area (Å²) in [7, 11) is 0. The number of rotatable bonds is 4. The maximum atomic E-state index is 14.0. The smallest absolute Gasteiger partial charge is 0.235 e. The quantitative estimate of drug-likeness (QED) is 0.404. The second-order valence-corrected chi connectivity index (χ2v) is 7.33. The zero-order valence-electron chi connectivity index (χ0n) is 16.0. The molecular formula is C25H22FNO. The summed E-state index contributed by atoms with van der Waals surface area (Å²) in [4.78, 5) is 13.0. The minimum atomic E-state index is -0.349. The van der Waals surface area contributed by atoms with E-state index in [1.807, 2.05) is 42.6 Å². The van der Waals surface area contributed by atoms with Crippen LogP contribution in [0.5, 0.6) is 0 Å². The van der Waals surface area contributed by atoms with Gasteiger partial charge in [-0.1, -0.05) is 74.5 Å². The Labute approximate surface area is 164 Å². The van der Waals surface area contributed by atoms with Gasteiger partial charge in [0.2, 0.25) is 5.91 Å². The number of nitrogens with zero attached hydrogens (tertiary/aromatic N) is 1. The van der Waals surface area contributed by atoms with Crippen molar-refractivity contribution in [2.45, 2.75) is 26.2 Å². The fourth-order valence-corrected chi connectivity index (χ4v) is 3.74.